The summed E-state index contributed by atoms with van der Waals surface area (Å²) in [6, 6.07) is 3.56. The minimum Gasteiger partial charge on any atom is -0.384 e. The number of carbonyl (C=O) groups is 1. The fourth-order valence-corrected chi connectivity index (χ4v) is 2.13. The number of nitrogen functional groups attached to an aromatic ring is 1. The summed E-state index contributed by atoms with van der Waals surface area (Å²) in [6.45, 7) is 2.57. The van der Waals surface area contributed by atoms with E-state index in [1.54, 1.807) is 12.3 Å². The van der Waals surface area contributed by atoms with Gasteiger partial charge in [-0.1, -0.05) is 0 Å². The van der Waals surface area contributed by atoms with Gasteiger partial charge in [0.15, 0.2) is 5.78 Å². The Morgan fingerprint density at radius 3 is 3.06 bits per heavy atom. The molecule has 4 heteroatoms. The van der Waals surface area contributed by atoms with Crippen LogP contribution in [0.25, 0.3) is 0 Å². The van der Waals surface area contributed by atoms with Gasteiger partial charge in [-0.2, -0.15) is 0 Å². The zero-order valence-electron chi connectivity index (χ0n) is 10.1. The van der Waals surface area contributed by atoms with Gasteiger partial charge in [0.05, 0.1) is 0 Å². The monoisotopic (exact) mass is 234 g/mol. The molecule has 2 heterocycles. The second kappa shape index (κ2) is 4.84. The van der Waals surface area contributed by atoms with Crippen LogP contribution < -0.4 is 5.73 Å². The smallest absolute Gasteiger partial charge is 0.168 e. The number of nitrogens with two attached hydrogens (primary N) is 1. The van der Waals surface area contributed by atoms with Crippen molar-refractivity contribution in [2.24, 2.45) is 0 Å². The summed E-state index contributed by atoms with van der Waals surface area (Å²) in [5, 5.41) is 0. The molecule has 1 atom stereocenters. The van der Waals surface area contributed by atoms with Crippen molar-refractivity contribution in [1.29, 1.82) is 0 Å². The van der Waals surface area contributed by atoms with Gasteiger partial charge >= 0.3 is 0 Å². The van der Waals surface area contributed by atoms with Crippen LogP contribution in [-0.2, 0) is 16.0 Å². The zero-order valence-corrected chi connectivity index (χ0v) is 10.1. The van der Waals surface area contributed by atoms with Crippen molar-refractivity contribution in [3.05, 3.63) is 23.9 Å². The maximum atomic E-state index is 12.2. The van der Waals surface area contributed by atoms with Crippen LogP contribution in [0, 0.1) is 0 Å². The number of carbonyl (C=O) groups excluding carboxylic acids is 1. The summed E-state index contributed by atoms with van der Waals surface area (Å²) < 4.78 is 5.63. The first-order chi connectivity index (χ1) is 8.10. The number of Topliss-reactive ketones (excluding diaryl/α,β-unsaturated/α-hetero) is 1. The summed E-state index contributed by atoms with van der Waals surface area (Å²) in [5.41, 5.74) is 5.88. The third-order valence-electron chi connectivity index (χ3n) is 3.27. The molecule has 1 unspecified atom stereocenters. The quantitative estimate of drug-likeness (QED) is 0.865. The molecule has 4 nitrogen and oxygen atoms in total. The van der Waals surface area contributed by atoms with E-state index in [4.69, 9.17) is 10.5 Å². The predicted octanol–water partition coefficient (Wildman–Crippen LogP) is 1.73. The van der Waals surface area contributed by atoms with Gasteiger partial charge in [-0.25, -0.2) is 4.98 Å². The highest BCUT2D eigenvalue weighted by atomic mass is 16.5. The Hall–Kier alpha value is -1.42. The van der Waals surface area contributed by atoms with Gasteiger partial charge in [0, 0.05) is 19.2 Å². The van der Waals surface area contributed by atoms with Gasteiger partial charge in [-0.05, 0) is 43.9 Å². The fraction of sp³-hybridized carbons (Fsp3) is 0.538. The predicted molar refractivity (Wildman–Crippen MR) is 65.6 cm³/mol. The maximum absolute atomic E-state index is 12.2. The second-order valence-corrected chi connectivity index (χ2v) is 4.73. The zero-order chi connectivity index (χ0) is 12.3. The molecule has 1 aliphatic rings. The summed E-state index contributed by atoms with van der Waals surface area (Å²) >= 11 is 0. The number of aromatic nitrogens is 1. The van der Waals surface area contributed by atoms with Gasteiger partial charge in [0.1, 0.15) is 11.4 Å². The van der Waals surface area contributed by atoms with Crippen LogP contribution in [0.15, 0.2) is 18.3 Å². The number of rotatable bonds is 3. The average molecular weight is 234 g/mol. The van der Waals surface area contributed by atoms with Crippen LogP contribution in [0.1, 0.15) is 31.7 Å². The first kappa shape index (κ1) is 12.0. The summed E-state index contributed by atoms with van der Waals surface area (Å²) in [7, 11) is 0. The fourth-order valence-electron chi connectivity index (χ4n) is 2.13. The first-order valence-corrected chi connectivity index (χ1v) is 5.98. The van der Waals surface area contributed by atoms with E-state index in [1.807, 2.05) is 13.0 Å². The molecule has 0 bridgehead atoms. The standard InChI is InChI=1S/C13H18N2O2/c1-13(5-2-3-7-17-13)11(16)8-10-4-6-15-12(14)9-10/h4,6,9H,2-3,5,7-8H2,1H3,(H2,14,15). The highest BCUT2D eigenvalue weighted by Crippen LogP contribution is 2.26. The van der Waals surface area contributed by atoms with Gasteiger partial charge in [0.2, 0.25) is 0 Å². The maximum Gasteiger partial charge on any atom is 0.168 e. The molecule has 0 radical (unpaired) electrons. The Balaban J connectivity index is 2.05. The van der Waals surface area contributed by atoms with Crippen LogP contribution in [0.3, 0.4) is 0 Å². The third kappa shape index (κ3) is 2.82. The Morgan fingerprint density at radius 2 is 2.41 bits per heavy atom. The lowest BCUT2D eigenvalue weighted by Gasteiger charge is -2.32. The van der Waals surface area contributed by atoms with Crippen molar-refractivity contribution in [2.45, 2.75) is 38.2 Å². The topological polar surface area (TPSA) is 65.2 Å². The van der Waals surface area contributed by atoms with E-state index >= 15 is 0 Å². The van der Waals surface area contributed by atoms with E-state index in [-0.39, 0.29) is 5.78 Å². The molecule has 0 saturated carbocycles. The highest BCUT2D eigenvalue weighted by molar-refractivity contribution is 5.89. The third-order valence-corrected chi connectivity index (χ3v) is 3.27. The second-order valence-electron chi connectivity index (χ2n) is 4.73. The average Bonchev–Trinajstić information content (AvgIpc) is 2.30. The van der Waals surface area contributed by atoms with Crippen molar-refractivity contribution < 1.29 is 9.53 Å². The van der Waals surface area contributed by atoms with Crippen LogP contribution in [-0.4, -0.2) is 23.0 Å². The van der Waals surface area contributed by atoms with Crippen LogP contribution >= 0.6 is 0 Å². The van der Waals surface area contributed by atoms with Gasteiger partial charge in [-0.15, -0.1) is 0 Å². The largest absolute Gasteiger partial charge is 0.384 e. The molecule has 1 aromatic rings. The molecule has 0 aliphatic carbocycles. The van der Waals surface area contributed by atoms with Crippen LogP contribution in [0.4, 0.5) is 5.82 Å². The van der Waals surface area contributed by atoms with Gasteiger partial charge < -0.3 is 10.5 Å². The van der Waals surface area contributed by atoms with Crippen molar-refractivity contribution in [3.8, 4) is 0 Å². The molecular formula is C13H18N2O2. The molecule has 92 valence electrons. The molecular weight excluding hydrogens is 216 g/mol. The van der Waals surface area contributed by atoms with E-state index in [9.17, 15) is 4.79 Å². The molecule has 1 aliphatic heterocycles. The van der Waals surface area contributed by atoms with Crippen molar-refractivity contribution in [1.82, 2.24) is 4.98 Å². The number of pyridine rings is 1. The number of anilines is 1. The Morgan fingerprint density at radius 1 is 1.59 bits per heavy atom. The Bertz CT molecular complexity index is 412. The number of nitrogens with zero attached hydrogens (tertiary/aromatic N) is 1. The van der Waals surface area contributed by atoms with E-state index in [2.05, 4.69) is 4.98 Å². The highest BCUT2D eigenvalue weighted by Gasteiger charge is 2.35. The van der Waals surface area contributed by atoms with E-state index in [1.165, 1.54) is 0 Å². The molecule has 0 aromatic carbocycles. The van der Waals surface area contributed by atoms with Gasteiger partial charge in [0.25, 0.3) is 0 Å². The van der Waals surface area contributed by atoms with E-state index < -0.39 is 5.60 Å². The molecule has 2 rings (SSSR count). The molecule has 1 aromatic heterocycles. The Labute approximate surface area is 101 Å². The van der Waals surface area contributed by atoms with Crippen molar-refractivity contribution >= 4 is 11.6 Å². The van der Waals surface area contributed by atoms with Crippen LogP contribution in [0.2, 0.25) is 0 Å². The molecule has 1 fully saturated rings. The molecule has 2 N–H and O–H groups in total. The molecule has 0 amide bonds. The SMILES string of the molecule is CC1(C(=O)Cc2ccnc(N)c2)CCCCO1. The van der Waals surface area contributed by atoms with E-state index in [0.29, 0.717) is 18.8 Å². The first-order valence-electron chi connectivity index (χ1n) is 5.98. The number of hydrogen-bond donors (Lipinski definition) is 1. The van der Waals surface area contributed by atoms with Gasteiger partial charge in [-0.3, -0.25) is 4.79 Å². The number of hydrogen-bond acceptors (Lipinski definition) is 4. The minimum absolute atomic E-state index is 0.128. The lowest BCUT2D eigenvalue weighted by molar-refractivity contribution is -0.147. The molecule has 17 heavy (non-hydrogen) atoms. The van der Waals surface area contributed by atoms with Crippen molar-refractivity contribution in [3.63, 3.8) is 0 Å². The summed E-state index contributed by atoms with van der Waals surface area (Å²) in [4.78, 5) is 16.1. The lowest BCUT2D eigenvalue weighted by Crippen LogP contribution is -2.42. The van der Waals surface area contributed by atoms with Crippen molar-refractivity contribution in [2.75, 3.05) is 12.3 Å². The summed E-state index contributed by atoms with van der Waals surface area (Å²) in [6.07, 6.45) is 4.91. The van der Waals surface area contributed by atoms with E-state index in [0.717, 1.165) is 24.8 Å². The minimum atomic E-state index is -0.615. The molecule has 1 saturated heterocycles. The molecule has 0 spiro atoms. The lowest BCUT2D eigenvalue weighted by atomic mass is 9.88. The number of ether oxygens (including phenoxy) is 1. The number of ketones is 1. The van der Waals surface area contributed by atoms with Crippen LogP contribution in [0.5, 0.6) is 0 Å². The normalized spacial score (nSPS) is 24.5. The Kier molecular flexibility index (Phi) is 3.43. The summed E-state index contributed by atoms with van der Waals surface area (Å²) in [5.74, 6) is 0.577.